The molecular formula is C50H30O. The van der Waals surface area contributed by atoms with Crippen LogP contribution in [0.1, 0.15) is 37.0 Å². The first-order valence-electron chi connectivity index (χ1n) is 28.9. The minimum Gasteiger partial charge on any atom is -0.455 e. The normalized spacial score (nSPS) is 19.3. The zero-order valence-electron chi connectivity index (χ0n) is 52.6. The molecule has 1 aromatic heterocycles. The third kappa shape index (κ3) is 4.09. The van der Waals surface area contributed by atoms with Gasteiger partial charge in [0.25, 0.3) is 0 Å². The molecule has 1 heteroatoms. The molecule has 1 nitrogen and oxygen atoms in total. The highest BCUT2D eigenvalue weighted by Gasteiger charge is 2.22. The van der Waals surface area contributed by atoms with E-state index in [0.29, 0.717) is 0 Å². The number of fused-ring (bicyclic) bond motifs is 9. The van der Waals surface area contributed by atoms with Crippen molar-refractivity contribution in [1.82, 2.24) is 0 Å². The van der Waals surface area contributed by atoms with Gasteiger partial charge in [-0.25, -0.2) is 0 Å². The molecule has 0 aliphatic carbocycles. The van der Waals surface area contributed by atoms with E-state index in [2.05, 4.69) is 0 Å². The van der Waals surface area contributed by atoms with Gasteiger partial charge in [0, 0.05) is 16.2 Å². The molecule has 0 N–H and O–H groups in total. The van der Waals surface area contributed by atoms with Crippen LogP contribution in [0.25, 0.3) is 109 Å². The molecule has 236 valence electrons. The monoisotopic (exact) mass is 673 g/mol. The molecule has 0 amide bonds. The Labute approximate surface area is 332 Å². The van der Waals surface area contributed by atoms with Crippen molar-refractivity contribution in [2.45, 2.75) is 0 Å². The van der Waals surface area contributed by atoms with E-state index >= 15 is 0 Å². The third-order valence-corrected chi connectivity index (χ3v) is 8.90. The van der Waals surface area contributed by atoms with Crippen LogP contribution in [0.4, 0.5) is 0 Å². The molecule has 11 rings (SSSR count). The van der Waals surface area contributed by atoms with Gasteiger partial charge in [-0.05, 0) is 94.0 Å². The van der Waals surface area contributed by atoms with Crippen LogP contribution in [0.2, 0.25) is 0 Å². The first kappa shape index (κ1) is 12.6. The molecule has 11 aromatic rings. The summed E-state index contributed by atoms with van der Waals surface area (Å²) in [6, 6.07) is -19.6. The van der Waals surface area contributed by atoms with E-state index in [-0.39, 0.29) is 38.3 Å². The number of furan rings is 1. The van der Waals surface area contributed by atoms with Crippen LogP contribution < -0.4 is 0 Å². The van der Waals surface area contributed by atoms with E-state index in [1.54, 1.807) is 0 Å². The average Bonchev–Trinajstić information content (AvgIpc) is 3.96. The van der Waals surface area contributed by atoms with Gasteiger partial charge in [-0.2, -0.15) is 0 Å². The smallest absolute Gasteiger partial charge is 0.143 e. The van der Waals surface area contributed by atoms with E-state index in [1.165, 1.54) is 18.2 Å². The molecule has 10 aromatic carbocycles. The molecule has 0 aliphatic heterocycles. The zero-order chi connectivity index (χ0) is 57.0. The molecule has 0 saturated heterocycles. The zero-order valence-corrected chi connectivity index (χ0v) is 25.6. The van der Waals surface area contributed by atoms with Gasteiger partial charge in [-0.15, -0.1) is 0 Å². The molecule has 0 unspecified atom stereocenters. The number of benzene rings is 10. The van der Waals surface area contributed by atoms with Gasteiger partial charge in [-0.1, -0.05) is 169 Å². The molecule has 0 saturated carbocycles. The predicted molar refractivity (Wildman–Crippen MR) is 218 cm³/mol. The second kappa shape index (κ2) is 10.9. The first-order chi connectivity index (χ1) is 36.6. The van der Waals surface area contributed by atoms with Crippen molar-refractivity contribution in [3.05, 3.63) is 181 Å². The molecule has 0 atom stereocenters. The lowest BCUT2D eigenvalue weighted by molar-refractivity contribution is 0.673. The molecule has 51 heavy (non-hydrogen) atoms. The molecule has 0 spiro atoms. The highest BCUT2D eigenvalue weighted by atomic mass is 16.3. The lowest BCUT2D eigenvalue weighted by Crippen LogP contribution is -1.93. The maximum Gasteiger partial charge on any atom is 0.143 e. The number of hydrogen-bond donors (Lipinski definition) is 0. The summed E-state index contributed by atoms with van der Waals surface area (Å²) < 4.78 is 253. The van der Waals surface area contributed by atoms with Crippen LogP contribution in [-0.2, 0) is 0 Å². The Morgan fingerprint density at radius 1 is 0.333 bits per heavy atom. The molecule has 0 radical (unpaired) electrons. The minimum absolute atomic E-state index is 0.132. The van der Waals surface area contributed by atoms with Gasteiger partial charge < -0.3 is 4.42 Å². The van der Waals surface area contributed by atoms with Gasteiger partial charge in [-0.3, -0.25) is 0 Å². The number of rotatable bonds is 3. The molecule has 0 fully saturated rings. The third-order valence-electron chi connectivity index (χ3n) is 8.90. The van der Waals surface area contributed by atoms with Crippen LogP contribution in [-0.4, -0.2) is 0 Å². The fourth-order valence-corrected chi connectivity index (χ4v) is 6.84. The minimum atomic E-state index is -0.997. The van der Waals surface area contributed by atoms with Gasteiger partial charge in [0.2, 0.25) is 0 Å². The Balaban J connectivity index is 1.48. The highest BCUT2D eigenvalue weighted by Crippen LogP contribution is 2.49. The summed E-state index contributed by atoms with van der Waals surface area (Å²) in [6.07, 6.45) is 0. The van der Waals surface area contributed by atoms with E-state index < -0.39 is 234 Å². The Morgan fingerprint density at radius 2 is 0.843 bits per heavy atom. The summed E-state index contributed by atoms with van der Waals surface area (Å²) in [6.45, 7) is 0. The molecular weight excluding hydrogens is 617 g/mol. The molecule has 0 aliphatic rings. The number of hydrogen-bond acceptors (Lipinski definition) is 1. The van der Waals surface area contributed by atoms with Crippen molar-refractivity contribution >= 4 is 75.8 Å². The summed E-state index contributed by atoms with van der Waals surface area (Å²) in [5.41, 5.74) is -3.95. The molecule has 0 bridgehead atoms. The van der Waals surface area contributed by atoms with Crippen molar-refractivity contribution in [3.8, 4) is 33.4 Å². The van der Waals surface area contributed by atoms with E-state index in [4.69, 9.17) is 25.0 Å². The van der Waals surface area contributed by atoms with E-state index in [9.17, 15) is 16.4 Å². The van der Waals surface area contributed by atoms with Crippen LogP contribution in [0.5, 0.6) is 0 Å². The van der Waals surface area contributed by atoms with E-state index in [0.717, 1.165) is 0 Å². The average molecular weight is 674 g/mol. The van der Waals surface area contributed by atoms with Crippen molar-refractivity contribution in [3.63, 3.8) is 0 Å². The van der Waals surface area contributed by atoms with Crippen LogP contribution in [0, 0.1) is 0 Å². The molecule has 1 heterocycles. The topological polar surface area (TPSA) is 13.1 Å². The maximum absolute atomic E-state index is 9.84. The fraction of sp³-hybridized carbons (Fsp3) is 0. The summed E-state index contributed by atoms with van der Waals surface area (Å²) in [5, 5.41) is -6.41. The van der Waals surface area contributed by atoms with Gasteiger partial charge >= 0.3 is 0 Å². The largest absolute Gasteiger partial charge is 0.455 e. The van der Waals surface area contributed by atoms with Crippen LogP contribution in [0.15, 0.2) is 186 Å². The lowest BCUT2D eigenvalue weighted by Gasteiger charge is -2.20. The SMILES string of the molecule is [2H]c1c([2H])c([2H])c2c(-c3c4c([2H])c([2H])c([2H])c([2H])c4c(-c4c([2H])c([2H])c([2H])c5c([2H])c([2H])c([2H])c(-c6cccc7oc8c9c([2H])c([2H])c([2H])c([2H])c9c([2H])c([2H])c8c67)c45)c4c([2H])c([2H])c([2H])c([2H])c34)c([2H])c([2H])c([2H])c2c1[2H]. The Morgan fingerprint density at radius 3 is 1.53 bits per heavy atom. The van der Waals surface area contributed by atoms with Gasteiger partial charge in [0.15, 0.2) is 0 Å². The second-order valence-electron chi connectivity index (χ2n) is 11.5. The van der Waals surface area contributed by atoms with Crippen LogP contribution in [0.3, 0.4) is 0 Å². The lowest BCUT2D eigenvalue weighted by atomic mass is 9.82. The van der Waals surface area contributed by atoms with Crippen molar-refractivity contribution in [2.24, 2.45) is 0 Å². The maximum atomic E-state index is 9.84. The summed E-state index contributed by atoms with van der Waals surface area (Å²) >= 11 is 0. The summed E-state index contributed by atoms with van der Waals surface area (Å²) in [5.74, 6) is 0. The quantitative estimate of drug-likeness (QED) is 0.170. The van der Waals surface area contributed by atoms with Crippen molar-refractivity contribution in [2.75, 3.05) is 0 Å². The van der Waals surface area contributed by atoms with E-state index in [1.807, 2.05) is 0 Å². The Hall–Kier alpha value is -6.70. The van der Waals surface area contributed by atoms with Crippen molar-refractivity contribution < 1.29 is 41.4 Å². The predicted octanol–water partition coefficient (Wildman–Crippen LogP) is 14.4. The Bertz CT molecular complexity index is 4660. The highest BCUT2D eigenvalue weighted by molar-refractivity contribution is 6.27. The first-order valence-corrected chi connectivity index (χ1v) is 15.4. The summed E-state index contributed by atoms with van der Waals surface area (Å²) in [7, 11) is 0. The van der Waals surface area contributed by atoms with Gasteiger partial charge in [0.05, 0.1) is 37.0 Å². The van der Waals surface area contributed by atoms with Gasteiger partial charge in [0.1, 0.15) is 11.2 Å². The summed E-state index contributed by atoms with van der Waals surface area (Å²) in [4.78, 5) is 0. The van der Waals surface area contributed by atoms with Crippen LogP contribution >= 0.6 is 0 Å². The second-order valence-corrected chi connectivity index (χ2v) is 11.5. The Kier molecular flexibility index (Phi) is 2.69. The standard InChI is InChI=1S/C50H30O/c1-3-18-34-31(13-1)15-9-24-36(34)47-38-20-5-7-22-40(38)48(41-23-8-6-21-39(41)47)43-27-11-17-33-16-10-25-37(46(33)43)42-26-12-28-45-49(42)44-30-29-32-14-2-4-19-35(32)50(44)51-45/h1-30H/i1D,2D,3D,4D,5D,6D,7D,8D,9D,10D,11D,13D,14D,15D,16D,17D,18D,19D,20D,21D,22D,23D,24D,25D,27D,29D,30D. The fourth-order valence-electron chi connectivity index (χ4n) is 6.84. The van der Waals surface area contributed by atoms with Crippen molar-refractivity contribution in [1.29, 1.82) is 0 Å².